The maximum atomic E-state index is 11.4. The summed E-state index contributed by atoms with van der Waals surface area (Å²) in [7, 11) is -2.89. The molecule has 0 amide bonds. The molecule has 1 unspecified atom stereocenters. The van der Waals surface area contributed by atoms with Gasteiger partial charge in [0.25, 0.3) is 0 Å². The Morgan fingerprint density at radius 1 is 1.47 bits per heavy atom. The highest BCUT2D eigenvalue weighted by atomic mass is 32.2. The van der Waals surface area contributed by atoms with E-state index in [2.05, 4.69) is 5.32 Å². The number of hydrogen-bond donors (Lipinski definition) is 1. The zero-order chi connectivity index (χ0) is 11.5. The average Bonchev–Trinajstić information content (AvgIpc) is 2.51. The average molecular weight is 247 g/mol. The number of nitrogens with one attached hydrogen (secondary N) is 1. The van der Waals surface area contributed by atoms with Crippen molar-refractivity contribution in [1.29, 1.82) is 0 Å². The molecule has 3 nitrogen and oxygen atoms in total. The molecule has 0 saturated carbocycles. The van der Waals surface area contributed by atoms with Gasteiger partial charge in [0.1, 0.15) is 0 Å². The molecule has 86 valence electrons. The molecule has 0 aliphatic carbocycles. The Bertz CT molecular complexity index is 409. The smallest absolute Gasteiger partial charge is 0.152 e. The van der Waals surface area contributed by atoms with Gasteiger partial charge in [-0.15, -0.1) is 11.3 Å². The molecule has 5 heteroatoms. The second kappa shape index (κ2) is 4.99. The van der Waals surface area contributed by atoms with Gasteiger partial charge < -0.3 is 5.32 Å². The predicted octanol–water partition coefficient (Wildman–Crippen LogP) is 2.29. The van der Waals surface area contributed by atoms with E-state index in [0.717, 1.165) is 5.69 Å². The Morgan fingerprint density at radius 2 is 2.13 bits per heavy atom. The van der Waals surface area contributed by atoms with Crippen molar-refractivity contribution in [2.24, 2.45) is 0 Å². The summed E-state index contributed by atoms with van der Waals surface area (Å²) in [5.74, 6) is 0.403. The summed E-state index contributed by atoms with van der Waals surface area (Å²) >= 11 is 1.62. The Balaban J connectivity index is 2.58. The minimum Gasteiger partial charge on any atom is -0.381 e. The maximum absolute atomic E-state index is 11.4. The number of rotatable bonds is 5. The van der Waals surface area contributed by atoms with E-state index in [1.807, 2.05) is 24.6 Å². The van der Waals surface area contributed by atoms with Gasteiger partial charge in [0.15, 0.2) is 9.84 Å². The molecule has 1 aromatic heterocycles. The van der Waals surface area contributed by atoms with Gasteiger partial charge in [-0.2, -0.15) is 0 Å². The van der Waals surface area contributed by atoms with Crippen LogP contribution < -0.4 is 5.32 Å². The summed E-state index contributed by atoms with van der Waals surface area (Å²) in [6.45, 7) is 5.59. The van der Waals surface area contributed by atoms with E-state index < -0.39 is 9.84 Å². The molecule has 0 fully saturated rings. The molecule has 0 radical (unpaired) electrons. The van der Waals surface area contributed by atoms with E-state index in [9.17, 15) is 8.42 Å². The molecule has 0 aliphatic rings. The minimum atomic E-state index is -2.89. The lowest BCUT2D eigenvalue weighted by Gasteiger charge is -2.14. The quantitative estimate of drug-likeness (QED) is 0.868. The zero-order valence-electron chi connectivity index (χ0n) is 9.28. The first-order chi connectivity index (χ1) is 6.94. The molecule has 15 heavy (non-hydrogen) atoms. The fraction of sp³-hybridized carbons (Fsp3) is 0.600. The van der Waals surface area contributed by atoms with Crippen molar-refractivity contribution >= 4 is 26.9 Å². The van der Waals surface area contributed by atoms with Gasteiger partial charge in [0.05, 0.1) is 5.75 Å². The van der Waals surface area contributed by atoms with Crippen LogP contribution in [0.5, 0.6) is 0 Å². The Morgan fingerprint density at radius 3 is 2.60 bits per heavy atom. The van der Waals surface area contributed by atoms with Crippen LogP contribution in [-0.2, 0) is 9.84 Å². The van der Waals surface area contributed by atoms with Crippen molar-refractivity contribution in [3.8, 4) is 0 Å². The van der Waals surface area contributed by atoms with Crippen molar-refractivity contribution in [3.63, 3.8) is 0 Å². The van der Waals surface area contributed by atoms with E-state index in [-0.39, 0.29) is 17.5 Å². The Labute approximate surface area is 95.4 Å². The number of thiophene rings is 1. The highest BCUT2D eigenvalue weighted by Gasteiger charge is 2.14. The molecule has 0 aromatic carbocycles. The van der Waals surface area contributed by atoms with Gasteiger partial charge >= 0.3 is 0 Å². The Kier molecular flexibility index (Phi) is 4.16. The van der Waals surface area contributed by atoms with Crippen LogP contribution in [0.15, 0.2) is 10.8 Å². The summed E-state index contributed by atoms with van der Waals surface area (Å²) in [6.07, 6.45) is 0. The zero-order valence-corrected chi connectivity index (χ0v) is 10.9. The van der Waals surface area contributed by atoms with E-state index in [0.29, 0.717) is 0 Å². The maximum Gasteiger partial charge on any atom is 0.152 e. The van der Waals surface area contributed by atoms with Crippen LogP contribution >= 0.6 is 11.3 Å². The van der Waals surface area contributed by atoms with E-state index in [4.69, 9.17) is 0 Å². The second-order valence-electron chi connectivity index (χ2n) is 3.71. The van der Waals surface area contributed by atoms with Crippen molar-refractivity contribution in [3.05, 3.63) is 16.3 Å². The molecule has 1 rings (SSSR count). The van der Waals surface area contributed by atoms with Gasteiger partial charge in [-0.25, -0.2) is 8.42 Å². The molecule has 1 atom stereocenters. The first-order valence-electron chi connectivity index (χ1n) is 4.94. The first kappa shape index (κ1) is 12.5. The summed E-state index contributed by atoms with van der Waals surface area (Å²) in [5.41, 5.74) is 2.21. The number of aryl methyl sites for hydroxylation is 1. The van der Waals surface area contributed by atoms with E-state index >= 15 is 0 Å². The number of anilines is 1. The topological polar surface area (TPSA) is 46.2 Å². The van der Waals surface area contributed by atoms with Crippen LogP contribution in [0, 0.1) is 6.92 Å². The normalized spacial score (nSPS) is 13.8. The third-order valence-electron chi connectivity index (χ3n) is 2.20. The number of sulfone groups is 1. The monoisotopic (exact) mass is 247 g/mol. The summed E-state index contributed by atoms with van der Waals surface area (Å²) < 4.78 is 22.8. The van der Waals surface area contributed by atoms with Gasteiger partial charge in [0.2, 0.25) is 0 Å². The van der Waals surface area contributed by atoms with Gasteiger partial charge in [-0.1, -0.05) is 6.92 Å². The highest BCUT2D eigenvalue weighted by molar-refractivity contribution is 7.91. The molecule has 1 heterocycles. The molecule has 0 spiro atoms. The predicted molar refractivity (Wildman–Crippen MR) is 66.5 cm³/mol. The van der Waals surface area contributed by atoms with Crippen LogP contribution in [-0.4, -0.2) is 26.0 Å². The Hall–Kier alpha value is -0.550. The van der Waals surface area contributed by atoms with Gasteiger partial charge in [-0.3, -0.25) is 0 Å². The molecule has 0 aliphatic heterocycles. The van der Waals surface area contributed by atoms with Crippen LogP contribution in [0.1, 0.15) is 19.4 Å². The van der Waals surface area contributed by atoms with Crippen molar-refractivity contribution in [1.82, 2.24) is 0 Å². The molecule has 0 saturated heterocycles. The van der Waals surface area contributed by atoms with E-state index in [1.165, 1.54) is 5.56 Å². The second-order valence-corrected chi connectivity index (χ2v) is 6.85. The van der Waals surface area contributed by atoms with E-state index in [1.54, 1.807) is 18.3 Å². The largest absolute Gasteiger partial charge is 0.381 e. The lowest BCUT2D eigenvalue weighted by atomic mass is 10.3. The molecule has 1 N–H and O–H groups in total. The molecule has 0 bridgehead atoms. The van der Waals surface area contributed by atoms with Crippen LogP contribution in [0.25, 0.3) is 0 Å². The van der Waals surface area contributed by atoms with Gasteiger partial charge in [0, 0.05) is 22.9 Å². The molecular formula is C10H17NO2S2. The van der Waals surface area contributed by atoms with Gasteiger partial charge in [-0.05, 0) is 24.8 Å². The van der Waals surface area contributed by atoms with Crippen molar-refractivity contribution < 1.29 is 8.42 Å². The third kappa shape index (κ3) is 3.83. The summed E-state index contributed by atoms with van der Waals surface area (Å²) in [5, 5.41) is 7.26. The number of hydrogen-bond acceptors (Lipinski definition) is 4. The standard InChI is InChI=1S/C10H17NO2S2/c1-4-15(12,13)7-9(3)11-10-6-14-5-8(10)2/h5-6,9,11H,4,7H2,1-3H3. The lowest BCUT2D eigenvalue weighted by Crippen LogP contribution is -2.26. The SMILES string of the molecule is CCS(=O)(=O)CC(C)Nc1cscc1C. The summed E-state index contributed by atoms with van der Waals surface area (Å²) in [4.78, 5) is 0. The molecular weight excluding hydrogens is 230 g/mol. The fourth-order valence-corrected chi connectivity index (χ4v) is 3.18. The molecule has 1 aromatic rings. The first-order valence-corrected chi connectivity index (χ1v) is 7.70. The van der Waals surface area contributed by atoms with Crippen LogP contribution in [0.4, 0.5) is 5.69 Å². The highest BCUT2D eigenvalue weighted by Crippen LogP contribution is 2.20. The fourth-order valence-electron chi connectivity index (χ4n) is 1.31. The van der Waals surface area contributed by atoms with Crippen LogP contribution in [0.2, 0.25) is 0 Å². The minimum absolute atomic E-state index is 0.0387. The van der Waals surface area contributed by atoms with Crippen LogP contribution in [0.3, 0.4) is 0 Å². The van der Waals surface area contributed by atoms with Crippen molar-refractivity contribution in [2.75, 3.05) is 16.8 Å². The van der Waals surface area contributed by atoms with Crippen molar-refractivity contribution in [2.45, 2.75) is 26.8 Å². The summed E-state index contributed by atoms with van der Waals surface area (Å²) in [6, 6.07) is -0.0387. The third-order valence-corrected chi connectivity index (χ3v) is 4.95. The lowest BCUT2D eigenvalue weighted by molar-refractivity contribution is 0.593.